The quantitative estimate of drug-likeness (QED) is 0.807. The first-order chi connectivity index (χ1) is 9.87. The van der Waals surface area contributed by atoms with Gasteiger partial charge in [0.15, 0.2) is 0 Å². The Morgan fingerprint density at radius 2 is 1.90 bits per heavy atom. The molecule has 21 heavy (non-hydrogen) atoms. The first-order valence-electron chi connectivity index (χ1n) is 7.89. The first-order valence-corrected chi connectivity index (χ1v) is 7.89. The standard InChI is InChI=1S/C15H24F3NO2/c1-2-21-13(20)14(19-12-7-3-4-8-12)9-5-6-11(10-14)15(16,17)18/h11-12,19H,2-10H2,1H3. The SMILES string of the molecule is CCOC(=O)C1(NC2CCCC2)CCCC(C(F)(F)F)C1. The first kappa shape index (κ1) is 16.6. The van der Waals surface area contributed by atoms with Crippen LogP contribution in [0, 0.1) is 5.92 Å². The monoisotopic (exact) mass is 307 g/mol. The van der Waals surface area contributed by atoms with E-state index in [0.717, 1.165) is 25.7 Å². The molecule has 0 saturated heterocycles. The zero-order valence-electron chi connectivity index (χ0n) is 12.5. The van der Waals surface area contributed by atoms with Gasteiger partial charge >= 0.3 is 12.1 Å². The number of carbonyl (C=O) groups excluding carboxylic acids is 1. The molecule has 0 spiro atoms. The van der Waals surface area contributed by atoms with Gasteiger partial charge in [0.1, 0.15) is 5.54 Å². The summed E-state index contributed by atoms with van der Waals surface area (Å²) in [7, 11) is 0. The molecule has 3 nitrogen and oxygen atoms in total. The van der Waals surface area contributed by atoms with Crippen LogP contribution in [0.4, 0.5) is 13.2 Å². The van der Waals surface area contributed by atoms with Crippen molar-refractivity contribution < 1.29 is 22.7 Å². The highest BCUT2D eigenvalue weighted by molar-refractivity contribution is 5.81. The van der Waals surface area contributed by atoms with Crippen LogP contribution < -0.4 is 5.32 Å². The van der Waals surface area contributed by atoms with Gasteiger partial charge in [-0.3, -0.25) is 10.1 Å². The fourth-order valence-electron chi connectivity index (χ4n) is 3.66. The molecule has 0 radical (unpaired) electrons. The van der Waals surface area contributed by atoms with Crippen molar-refractivity contribution in [3.63, 3.8) is 0 Å². The highest BCUT2D eigenvalue weighted by Gasteiger charge is 2.52. The van der Waals surface area contributed by atoms with Crippen LogP contribution in [0.2, 0.25) is 0 Å². The normalized spacial score (nSPS) is 31.3. The van der Waals surface area contributed by atoms with Crippen LogP contribution in [0.5, 0.6) is 0 Å². The van der Waals surface area contributed by atoms with Gasteiger partial charge < -0.3 is 4.74 Å². The van der Waals surface area contributed by atoms with Crippen LogP contribution >= 0.6 is 0 Å². The number of hydrogen-bond acceptors (Lipinski definition) is 3. The minimum absolute atomic E-state index is 0.108. The Hall–Kier alpha value is -0.780. The summed E-state index contributed by atoms with van der Waals surface area (Å²) < 4.78 is 44.3. The largest absolute Gasteiger partial charge is 0.465 e. The maximum Gasteiger partial charge on any atom is 0.391 e. The van der Waals surface area contributed by atoms with E-state index in [0.29, 0.717) is 12.8 Å². The topological polar surface area (TPSA) is 38.3 Å². The molecule has 122 valence electrons. The summed E-state index contributed by atoms with van der Waals surface area (Å²) in [4.78, 5) is 12.3. The van der Waals surface area contributed by atoms with Crippen molar-refractivity contribution in [3.05, 3.63) is 0 Å². The average molecular weight is 307 g/mol. The Morgan fingerprint density at radius 3 is 2.48 bits per heavy atom. The van der Waals surface area contributed by atoms with Crippen molar-refractivity contribution in [2.24, 2.45) is 5.92 Å². The van der Waals surface area contributed by atoms with Crippen molar-refractivity contribution in [3.8, 4) is 0 Å². The van der Waals surface area contributed by atoms with Gasteiger partial charge in [0, 0.05) is 6.04 Å². The number of alkyl halides is 3. The number of halogens is 3. The van der Waals surface area contributed by atoms with E-state index >= 15 is 0 Å². The molecular weight excluding hydrogens is 283 g/mol. The molecule has 2 aliphatic rings. The second-order valence-electron chi connectivity index (χ2n) is 6.26. The van der Waals surface area contributed by atoms with Gasteiger partial charge in [0.05, 0.1) is 12.5 Å². The van der Waals surface area contributed by atoms with Crippen LogP contribution in [-0.2, 0) is 9.53 Å². The minimum atomic E-state index is -4.24. The van der Waals surface area contributed by atoms with E-state index in [1.54, 1.807) is 6.92 Å². The van der Waals surface area contributed by atoms with Gasteiger partial charge in [-0.2, -0.15) is 13.2 Å². The zero-order valence-corrected chi connectivity index (χ0v) is 12.5. The molecule has 2 fully saturated rings. The molecule has 2 aliphatic carbocycles. The molecule has 2 rings (SSSR count). The Kier molecular flexibility index (Phi) is 5.17. The number of esters is 1. The molecule has 2 unspecified atom stereocenters. The maximum absolute atomic E-state index is 13.1. The van der Waals surface area contributed by atoms with Crippen molar-refractivity contribution in [1.29, 1.82) is 0 Å². The highest BCUT2D eigenvalue weighted by atomic mass is 19.4. The lowest BCUT2D eigenvalue weighted by Crippen LogP contribution is -2.59. The third kappa shape index (κ3) is 3.90. The van der Waals surface area contributed by atoms with Gasteiger partial charge in [-0.05, 0) is 39.0 Å². The van der Waals surface area contributed by atoms with E-state index in [1.165, 1.54) is 0 Å². The molecule has 0 bridgehead atoms. The second kappa shape index (κ2) is 6.55. The van der Waals surface area contributed by atoms with Gasteiger partial charge in [-0.1, -0.05) is 19.3 Å². The molecular formula is C15H24F3NO2. The molecule has 2 atom stereocenters. The summed E-state index contributed by atoms with van der Waals surface area (Å²) in [5, 5.41) is 3.24. The van der Waals surface area contributed by atoms with Crippen LogP contribution in [0.3, 0.4) is 0 Å². The summed E-state index contributed by atoms with van der Waals surface area (Å²) in [5.74, 6) is -1.92. The number of carbonyl (C=O) groups is 1. The lowest BCUT2D eigenvalue weighted by Gasteiger charge is -2.41. The molecule has 1 N–H and O–H groups in total. The number of ether oxygens (including phenoxy) is 1. The fourth-order valence-corrected chi connectivity index (χ4v) is 3.66. The van der Waals surface area contributed by atoms with Crippen LogP contribution in [0.1, 0.15) is 58.3 Å². The van der Waals surface area contributed by atoms with Crippen molar-refractivity contribution in [2.45, 2.75) is 76.0 Å². The van der Waals surface area contributed by atoms with Crippen molar-refractivity contribution in [2.75, 3.05) is 6.61 Å². The van der Waals surface area contributed by atoms with E-state index in [9.17, 15) is 18.0 Å². The Balaban J connectivity index is 2.16. The number of rotatable bonds is 4. The van der Waals surface area contributed by atoms with Gasteiger partial charge in [0.25, 0.3) is 0 Å². The lowest BCUT2D eigenvalue weighted by atomic mass is 9.74. The molecule has 0 aliphatic heterocycles. The van der Waals surface area contributed by atoms with Crippen molar-refractivity contribution in [1.82, 2.24) is 5.32 Å². The summed E-state index contributed by atoms with van der Waals surface area (Å²) in [6.45, 7) is 1.88. The van der Waals surface area contributed by atoms with Crippen molar-refractivity contribution >= 4 is 5.97 Å². The van der Waals surface area contributed by atoms with E-state index in [1.807, 2.05) is 0 Å². The Labute approximate surface area is 123 Å². The number of nitrogens with one attached hydrogen (secondary N) is 1. The minimum Gasteiger partial charge on any atom is -0.465 e. The predicted octanol–water partition coefficient (Wildman–Crippen LogP) is 3.57. The molecule has 0 amide bonds. The molecule has 0 aromatic carbocycles. The fraction of sp³-hybridized carbons (Fsp3) is 0.933. The van der Waals surface area contributed by atoms with Gasteiger partial charge in [0.2, 0.25) is 0 Å². The zero-order chi connectivity index (χ0) is 15.5. The van der Waals surface area contributed by atoms with E-state index < -0.39 is 23.6 Å². The highest BCUT2D eigenvalue weighted by Crippen LogP contribution is 2.43. The van der Waals surface area contributed by atoms with E-state index in [4.69, 9.17) is 4.74 Å². The van der Waals surface area contributed by atoms with E-state index in [-0.39, 0.29) is 25.5 Å². The Morgan fingerprint density at radius 1 is 1.24 bits per heavy atom. The molecule has 0 aromatic rings. The van der Waals surface area contributed by atoms with Crippen LogP contribution in [0.25, 0.3) is 0 Å². The summed E-state index contributed by atoms with van der Waals surface area (Å²) >= 11 is 0. The third-order valence-electron chi connectivity index (χ3n) is 4.72. The average Bonchev–Trinajstić information content (AvgIpc) is 2.91. The lowest BCUT2D eigenvalue weighted by molar-refractivity contribution is -0.193. The van der Waals surface area contributed by atoms with Gasteiger partial charge in [-0.25, -0.2) is 0 Å². The van der Waals surface area contributed by atoms with Gasteiger partial charge in [-0.15, -0.1) is 0 Å². The smallest absolute Gasteiger partial charge is 0.391 e. The molecule has 0 aromatic heterocycles. The molecule has 6 heteroatoms. The third-order valence-corrected chi connectivity index (χ3v) is 4.72. The summed E-state index contributed by atoms with van der Waals surface area (Å²) in [6, 6.07) is 0.140. The van der Waals surface area contributed by atoms with Crippen LogP contribution in [0.15, 0.2) is 0 Å². The molecule has 0 heterocycles. The summed E-state index contributed by atoms with van der Waals surface area (Å²) in [5.41, 5.74) is -1.15. The summed E-state index contributed by atoms with van der Waals surface area (Å²) in [6.07, 6.45) is 0.518. The molecule has 2 saturated carbocycles. The van der Waals surface area contributed by atoms with E-state index in [2.05, 4.69) is 5.32 Å². The predicted molar refractivity (Wildman–Crippen MR) is 72.8 cm³/mol. The second-order valence-corrected chi connectivity index (χ2v) is 6.26. The maximum atomic E-state index is 13.1. The number of hydrogen-bond donors (Lipinski definition) is 1. The Bertz CT molecular complexity index is 366. The van der Waals surface area contributed by atoms with Crippen LogP contribution in [-0.4, -0.2) is 30.3 Å².